The molecule has 0 radical (unpaired) electrons. The summed E-state index contributed by atoms with van der Waals surface area (Å²) in [7, 11) is -4.49. The zero-order chi connectivity index (χ0) is 17.2. The third-order valence-corrected chi connectivity index (χ3v) is 4.85. The number of nitrogens with two attached hydrogens (primary N) is 2. The van der Waals surface area contributed by atoms with Gasteiger partial charge in [0.05, 0.1) is 12.9 Å². The quantitative estimate of drug-likeness (QED) is 0.241. The van der Waals surface area contributed by atoms with E-state index in [0.29, 0.717) is 4.68 Å². The number of ether oxygens (including phenoxy) is 1. The maximum Gasteiger partial charge on any atom is 1.00 e. The number of phosphoric ester groups is 1. The second-order valence-corrected chi connectivity index (χ2v) is 6.70. The van der Waals surface area contributed by atoms with E-state index in [-0.39, 0.29) is 53.3 Å². The van der Waals surface area contributed by atoms with Gasteiger partial charge in [-0.25, -0.2) is 4.98 Å². The molecule has 2 aliphatic heterocycles. The number of aliphatic hydroxyl groups excluding tert-OH is 1. The number of imidazole rings is 1. The first-order valence-electron chi connectivity index (χ1n) is 6.76. The van der Waals surface area contributed by atoms with Crippen LogP contribution >= 0.6 is 7.82 Å². The van der Waals surface area contributed by atoms with E-state index in [1.807, 2.05) is 0 Å². The molecule has 25 heavy (non-hydrogen) atoms. The van der Waals surface area contributed by atoms with E-state index in [4.69, 9.17) is 20.8 Å². The third kappa shape index (κ3) is 2.91. The van der Waals surface area contributed by atoms with Crippen LogP contribution in [0.3, 0.4) is 0 Å². The van der Waals surface area contributed by atoms with Gasteiger partial charge in [-0.05, 0) is 0 Å². The van der Waals surface area contributed by atoms with Crippen molar-refractivity contribution in [3.05, 3.63) is 16.7 Å². The van der Waals surface area contributed by atoms with Gasteiger partial charge >= 0.3 is 35.1 Å². The Labute approximate surface area is 161 Å². The molecule has 2 aromatic rings. The number of hydrogen-bond acceptors (Lipinski definition) is 11. The summed E-state index contributed by atoms with van der Waals surface area (Å²) in [4.78, 5) is 31.2. The first-order chi connectivity index (χ1) is 11.3. The first kappa shape index (κ1) is 18.8. The minimum atomic E-state index is -4.49. The van der Waals surface area contributed by atoms with Crippen LogP contribution in [-0.4, -0.2) is 49.2 Å². The maximum atomic E-state index is 12.0. The number of aliphatic hydroxyl groups is 1. The second-order valence-electron chi connectivity index (χ2n) is 5.34. The number of nitrogen functional groups attached to an aromatic ring is 2. The summed E-state index contributed by atoms with van der Waals surface area (Å²) in [5.41, 5.74) is 4.84. The molecule has 130 valence electrons. The Bertz CT molecular complexity index is 932. The fourth-order valence-electron chi connectivity index (χ4n) is 2.74. The molecule has 5 atom stereocenters. The van der Waals surface area contributed by atoms with Gasteiger partial charge in [0.2, 0.25) is 5.95 Å². The molecule has 0 saturated carbocycles. The molecule has 15 heteroatoms. The number of rotatable bonds is 1. The number of hydrogen-bond donors (Lipinski definition) is 3. The molecule has 0 bridgehead atoms. The smallest absolute Gasteiger partial charge is 0.756 e. The molecule has 13 nitrogen and oxygen atoms in total. The molecule has 1 unspecified atom stereocenters. The van der Waals surface area contributed by atoms with E-state index in [1.54, 1.807) is 0 Å². The molecular weight excluding hydrogens is 370 g/mol. The van der Waals surface area contributed by atoms with Crippen LogP contribution in [0.25, 0.3) is 11.2 Å². The van der Waals surface area contributed by atoms with E-state index in [1.165, 1.54) is 10.9 Å². The van der Waals surface area contributed by atoms with Gasteiger partial charge in [0.25, 0.3) is 7.82 Å². The molecule has 2 aromatic heterocycles. The molecule has 0 aliphatic carbocycles. The number of phosphoric acid groups is 1. The van der Waals surface area contributed by atoms with Gasteiger partial charge in [-0.15, -0.1) is 0 Å². The van der Waals surface area contributed by atoms with E-state index in [9.17, 15) is 19.4 Å². The minimum Gasteiger partial charge on any atom is -0.756 e. The van der Waals surface area contributed by atoms with E-state index >= 15 is 0 Å². The summed E-state index contributed by atoms with van der Waals surface area (Å²) < 4.78 is 28.2. The largest absolute Gasteiger partial charge is 1.00 e. The standard InChI is InChI=1S/C10H13N6O7P.Na/c11-10-14-7-4(8(18)16(10)12)13-2-15(7)9-5(17)6-3(22-9)1-21-24(19,20)23-6;/h2-3,5-6,9,17H,1,12H2,(H2,11,14)(H,19,20);/q;+1/p-1/t3-,5-,6-,9-;/m1./s1. The topological polar surface area (TPSA) is 193 Å². The van der Waals surface area contributed by atoms with Crippen LogP contribution in [0.1, 0.15) is 6.23 Å². The molecule has 2 saturated heterocycles. The number of fused-ring (bicyclic) bond motifs is 2. The Balaban J connectivity index is 0.00000182. The normalized spacial score (nSPS) is 34.6. The van der Waals surface area contributed by atoms with Gasteiger partial charge < -0.3 is 35.4 Å². The zero-order valence-corrected chi connectivity index (χ0v) is 15.8. The minimum absolute atomic E-state index is 0. The Kier molecular flexibility index (Phi) is 4.73. The summed E-state index contributed by atoms with van der Waals surface area (Å²) in [6, 6.07) is 0. The molecule has 0 amide bonds. The molecular formula is C10H12N6NaO7P. The fraction of sp³-hybridized carbons (Fsp3) is 0.500. The predicted octanol–water partition coefficient (Wildman–Crippen LogP) is -5.96. The van der Waals surface area contributed by atoms with Crippen molar-refractivity contribution in [2.75, 3.05) is 18.2 Å². The van der Waals surface area contributed by atoms with Crippen molar-refractivity contribution in [3.8, 4) is 0 Å². The summed E-state index contributed by atoms with van der Waals surface area (Å²) >= 11 is 0. The van der Waals surface area contributed by atoms with Gasteiger partial charge in [-0.3, -0.25) is 13.9 Å². The van der Waals surface area contributed by atoms with Crippen LogP contribution < -0.4 is 51.6 Å². The van der Waals surface area contributed by atoms with Gasteiger partial charge in [0.15, 0.2) is 17.4 Å². The van der Waals surface area contributed by atoms with Crippen molar-refractivity contribution in [2.45, 2.75) is 24.5 Å². The van der Waals surface area contributed by atoms with Gasteiger partial charge in [0, 0.05) is 0 Å². The SMILES string of the molecule is Nc1nc2c(ncn2[C@@H]2O[C@@H]3COP(=O)([O-])O[C@H]3[C@H]2O)c(=O)n1N.[Na+]. The van der Waals surface area contributed by atoms with Crippen LogP contribution in [0.5, 0.6) is 0 Å². The van der Waals surface area contributed by atoms with Crippen LogP contribution in [0.15, 0.2) is 11.1 Å². The monoisotopic (exact) mass is 382 g/mol. The van der Waals surface area contributed by atoms with Crippen LogP contribution in [0, 0.1) is 0 Å². The second kappa shape index (κ2) is 6.30. The fourth-order valence-corrected chi connectivity index (χ4v) is 3.69. The number of nitrogens with zero attached hydrogens (tertiary/aromatic N) is 4. The Morgan fingerprint density at radius 2 is 2.20 bits per heavy atom. The molecule has 2 aliphatic rings. The van der Waals surface area contributed by atoms with Crippen LogP contribution in [-0.2, 0) is 18.3 Å². The van der Waals surface area contributed by atoms with Gasteiger partial charge in [0.1, 0.15) is 18.3 Å². The van der Waals surface area contributed by atoms with Gasteiger partial charge in [-0.2, -0.15) is 9.66 Å². The van der Waals surface area contributed by atoms with Crippen molar-refractivity contribution in [3.63, 3.8) is 0 Å². The Hall–Kier alpha value is -1.02. The summed E-state index contributed by atoms with van der Waals surface area (Å²) in [5, 5.41) is 10.4. The maximum absolute atomic E-state index is 12.0. The molecule has 5 N–H and O–H groups in total. The molecule has 4 heterocycles. The van der Waals surface area contributed by atoms with Crippen molar-refractivity contribution >= 4 is 24.9 Å². The average Bonchev–Trinajstić information content (AvgIpc) is 3.06. The summed E-state index contributed by atoms with van der Waals surface area (Å²) in [6.07, 6.45) is -3.20. The summed E-state index contributed by atoms with van der Waals surface area (Å²) in [5.74, 6) is 5.19. The number of anilines is 1. The Morgan fingerprint density at radius 1 is 1.48 bits per heavy atom. The number of aromatic nitrogens is 4. The van der Waals surface area contributed by atoms with Crippen molar-refractivity contribution in [1.29, 1.82) is 0 Å². The van der Waals surface area contributed by atoms with E-state index < -0.39 is 37.9 Å². The Morgan fingerprint density at radius 3 is 2.92 bits per heavy atom. The van der Waals surface area contributed by atoms with E-state index in [0.717, 1.165) is 0 Å². The molecule has 4 rings (SSSR count). The van der Waals surface area contributed by atoms with Crippen molar-refractivity contribution in [1.82, 2.24) is 19.2 Å². The van der Waals surface area contributed by atoms with E-state index in [2.05, 4.69) is 14.5 Å². The van der Waals surface area contributed by atoms with Crippen LogP contribution in [0.2, 0.25) is 0 Å². The first-order valence-corrected chi connectivity index (χ1v) is 8.22. The molecule has 0 spiro atoms. The van der Waals surface area contributed by atoms with Crippen molar-refractivity contribution < 1.29 is 57.9 Å². The zero-order valence-electron chi connectivity index (χ0n) is 12.9. The average molecular weight is 382 g/mol. The molecule has 0 aromatic carbocycles. The van der Waals surface area contributed by atoms with Crippen LogP contribution in [0.4, 0.5) is 5.95 Å². The van der Waals surface area contributed by atoms with Crippen molar-refractivity contribution in [2.24, 2.45) is 0 Å². The van der Waals surface area contributed by atoms with Gasteiger partial charge in [-0.1, -0.05) is 0 Å². The summed E-state index contributed by atoms with van der Waals surface area (Å²) in [6.45, 7) is -0.295. The molecule has 2 fully saturated rings. The third-order valence-electron chi connectivity index (χ3n) is 3.89. The predicted molar refractivity (Wildman–Crippen MR) is 74.7 cm³/mol.